The second-order valence-corrected chi connectivity index (χ2v) is 6.80. The molecule has 1 aliphatic rings. The fraction of sp³-hybridized carbons (Fsp3) is 0.538. The summed E-state index contributed by atoms with van der Waals surface area (Å²) in [5, 5.41) is 3.30. The van der Waals surface area contributed by atoms with Gasteiger partial charge in [0.05, 0.1) is 11.8 Å². The second-order valence-electron chi connectivity index (χ2n) is 4.94. The van der Waals surface area contributed by atoms with Crippen molar-refractivity contribution in [1.29, 1.82) is 0 Å². The van der Waals surface area contributed by atoms with Crippen molar-refractivity contribution in [3.8, 4) is 0 Å². The minimum atomic E-state index is -3.52. The van der Waals surface area contributed by atoms with E-state index in [4.69, 9.17) is 10.5 Å². The molecule has 1 aromatic carbocycles. The van der Waals surface area contributed by atoms with Gasteiger partial charge in [-0.3, -0.25) is 0 Å². The summed E-state index contributed by atoms with van der Waals surface area (Å²) in [5.41, 5.74) is 6.84. The minimum absolute atomic E-state index is 0.0929. The van der Waals surface area contributed by atoms with Gasteiger partial charge in [0.15, 0.2) is 0 Å². The topological polar surface area (TPSA) is 93.5 Å². The van der Waals surface area contributed by atoms with Crippen molar-refractivity contribution in [2.24, 2.45) is 0 Å². The van der Waals surface area contributed by atoms with E-state index in [0.29, 0.717) is 0 Å². The summed E-state index contributed by atoms with van der Waals surface area (Å²) >= 11 is 0. The van der Waals surface area contributed by atoms with Crippen LogP contribution in [-0.4, -0.2) is 34.2 Å². The third kappa shape index (κ3) is 3.23. The highest BCUT2D eigenvalue weighted by Crippen LogP contribution is 2.24. The molecule has 2 atom stereocenters. The number of hydrogen-bond acceptors (Lipinski definition) is 5. The van der Waals surface area contributed by atoms with Crippen molar-refractivity contribution in [3.05, 3.63) is 18.2 Å². The minimum Gasteiger partial charge on any atom is -0.398 e. The summed E-state index contributed by atoms with van der Waals surface area (Å²) < 4.78 is 31.3. The molecule has 0 bridgehead atoms. The van der Waals surface area contributed by atoms with Crippen molar-refractivity contribution in [2.45, 2.75) is 36.8 Å². The highest BCUT2D eigenvalue weighted by Gasteiger charge is 2.22. The van der Waals surface area contributed by atoms with Crippen LogP contribution in [0.5, 0.6) is 0 Å². The number of nitrogens with one attached hydrogen (secondary N) is 2. The molecule has 0 saturated carbocycles. The van der Waals surface area contributed by atoms with Gasteiger partial charge >= 0.3 is 0 Å². The van der Waals surface area contributed by atoms with E-state index in [0.717, 1.165) is 25.1 Å². The number of nitrogens with two attached hydrogens (primary N) is 1. The van der Waals surface area contributed by atoms with Gasteiger partial charge in [-0.05, 0) is 45.0 Å². The van der Waals surface area contributed by atoms with Gasteiger partial charge in [0, 0.05) is 18.3 Å². The van der Waals surface area contributed by atoms with Crippen LogP contribution in [0.25, 0.3) is 0 Å². The van der Waals surface area contributed by atoms with E-state index >= 15 is 0 Å². The molecule has 7 heteroatoms. The highest BCUT2D eigenvalue weighted by atomic mass is 32.2. The number of benzene rings is 1. The van der Waals surface area contributed by atoms with Crippen molar-refractivity contribution in [2.75, 3.05) is 24.7 Å². The van der Waals surface area contributed by atoms with Gasteiger partial charge in [0.25, 0.3) is 0 Å². The predicted molar refractivity (Wildman–Crippen MR) is 79.2 cm³/mol. The fourth-order valence-corrected chi connectivity index (χ4v) is 3.18. The van der Waals surface area contributed by atoms with Crippen molar-refractivity contribution in [3.63, 3.8) is 0 Å². The number of anilines is 2. The monoisotopic (exact) mass is 299 g/mol. The molecule has 1 saturated heterocycles. The first-order valence-corrected chi connectivity index (χ1v) is 8.13. The van der Waals surface area contributed by atoms with Crippen molar-refractivity contribution < 1.29 is 13.2 Å². The van der Waals surface area contributed by atoms with Crippen LogP contribution in [0.3, 0.4) is 0 Å². The Hall–Kier alpha value is -1.31. The molecule has 0 aliphatic carbocycles. The maximum absolute atomic E-state index is 11.7. The molecule has 0 amide bonds. The smallest absolute Gasteiger partial charge is 0.242 e. The van der Waals surface area contributed by atoms with E-state index in [2.05, 4.69) is 10.0 Å². The fourth-order valence-electron chi connectivity index (χ4n) is 2.35. The van der Waals surface area contributed by atoms with Crippen molar-refractivity contribution >= 4 is 21.4 Å². The first kappa shape index (κ1) is 15.1. The van der Waals surface area contributed by atoms with Gasteiger partial charge in [0.1, 0.15) is 4.90 Å². The molecule has 0 spiro atoms. The third-order valence-electron chi connectivity index (χ3n) is 3.48. The quantitative estimate of drug-likeness (QED) is 0.709. The zero-order chi connectivity index (χ0) is 14.8. The van der Waals surface area contributed by atoms with Crippen LogP contribution in [0.2, 0.25) is 0 Å². The Balaban J connectivity index is 2.13. The van der Waals surface area contributed by atoms with Gasteiger partial charge in [-0.2, -0.15) is 0 Å². The number of rotatable bonds is 5. The summed E-state index contributed by atoms with van der Waals surface area (Å²) in [4.78, 5) is 0.0929. The van der Waals surface area contributed by atoms with E-state index in [1.54, 1.807) is 12.1 Å². The lowest BCUT2D eigenvalue weighted by molar-refractivity contribution is 0.0996. The number of sulfonamides is 1. The number of hydrogen-bond donors (Lipinski definition) is 3. The summed E-state index contributed by atoms with van der Waals surface area (Å²) in [5.74, 6) is 0. The second kappa shape index (κ2) is 5.99. The highest BCUT2D eigenvalue weighted by molar-refractivity contribution is 7.89. The van der Waals surface area contributed by atoms with Gasteiger partial charge in [0.2, 0.25) is 10.0 Å². The third-order valence-corrected chi connectivity index (χ3v) is 4.97. The normalized spacial score (nSPS) is 20.8. The van der Waals surface area contributed by atoms with Crippen LogP contribution in [-0.2, 0) is 14.8 Å². The lowest BCUT2D eigenvalue weighted by Crippen LogP contribution is -2.30. The van der Waals surface area contributed by atoms with Crippen LogP contribution in [0.4, 0.5) is 11.4 Å². The lowest BCUT2D eigenvalue weighted by Gasteiger charge is -2.21. The van der Waals surface area contributed by atoms with Crippen LogP contribution >= 0.6 is 0 Å². The van der Waals surface area contributed by atoms with Gasteiger partial charge in [-0.25, -0.2) is 13.1 Å². The Morgan fingerprint density at radius 2 is 2.20 bits per heavy atom. The first-order valence-electron chi connectivity index (χ1n) is 6.65. The maximum Gasteiger partial charge on any atom is 0.242 e. The molecule has 4 N–H and O–H groups in total. The van der Waals surface area contributed by atoms with Crippen LogP contribution in [0.15, 0.2) is 23.1 Å². The molecular weight excluding hydrogens is 278 g/mol. The van der Waals surface area contributed by atoms with Crippen molar-refractivity contribution in [1.82, 2.24) is 4.72 Å². The van der Waals surface area contributed by atoms with Crippen LogP contribution in [0, 0.1) is 0 Å². The Morgan fingerprint density at radius 1 is 1.45 bits per heavy atom. The Labute approximate surface area is 119 Å². The molecule has 6 nitrogen and oxygen atoms in total. The van der Waals surface area contributed by atoms with Gasteiger partial charge in [-0.15, -0.1) is 0 Å². The molecule has 2 unspecified atom stereocenters. The molecule has 1 aliphatic heterocycles. The first-order chi connectivity index (χ1) is 9.44. The van der Waals surface area contributed by atoms with Gasteiger partial charge < -0.3 is 15.8 Å². The summed E-state index contributed by atoms with van der Waals surface area (Å²) in [6, 6.07) is 5.01. The zero-order valence-electron chi connectivity index (χ0n) is 11.7. The average molecular weight is 299 g/mol. The molecule has 1 fully saturated rings. The maximum atomic E-state index is 11.7. The molecule has 1 aromatic rings. The standard InChI is InChI=1S/C13H21N3O3S/c1-9(12-4-3-7-19-12)16-10-5-6-13(11(14)8-10)20(17,18)15-2/h5-6,8-9,12,15-16H,3-4,7,14H2,1-2H3. The zero-order valence-corrected chi connectivity index (χ0v) is 12.5. The average Bonchev–Trinajstić information content (AvgIpc) is 2.92. The molecule has 2 rings (SSSR count). The Morgan fingerprint density at radius 3 is 2.75 bits per heavy atom. The predicted octanol–water partition coefficient (Wildman–Crippen LogP) is 1.16. The van der Waals surface area contributed by atoms with E-state index in [1.165, 1.54) is 13.1 Å². The van der Waals surface area contributed by atoms with Crippen LogP contribution in [0.1, 0.15) is 19.8 Å². The molecule has 0 aromatic heterocycles. The largest absolute Gasteiger partial charge is 0.398 e. The molecule has 1 heterocycles. The van der Waals surface area contributed by atoms with E-state index in [1.807, 2.05) is 6.92 Å². The molecule has 112 valence electrons. The Kier molecular flexibility index (Phi) is 4.52. The summed E-state index contributed by atoms with van der Waals surface area (Å²) in [6.45, 7) is 2.85. The lowest BCUT2D eigenvalue weighted by atomic mass is 10.1. The van der Waals surface area contributed by atoms with Crippen LogP contribution < -0.4 is 15.8 Å². The SMILES string of the molecule is CNS(=O)(=O)c1ccc(NC(C)C2CCCO2)cc1N. The van der Waals surface area contributed by atoms with E-state index in [9.17, 15) is 8.42 Å². The molecule has 20 heavy (non-hydrogen) atoms. The molecular formula is C13H21N3O3S. The van der Waals surface area contributed by atoms with E-state index < -0.39 is 10.0 Å². The number of nitrogen functional groups attached to an aromatic ring is 1. The van der Waals surface area contributed by atoms with E-state index in [-0.39, 0.29) is 22.7 Å². The summed E-state index contributed by atoms with van der Waals surface area (Å²) in [6.07, 6.45) is 2.31. The number of ether oxygens (including phenoxy) is 1. The molecule has 0 radical (unpaired) electrons. The van der Waals surface area contributed by atoms with Gasteiger partial charge in [-0.1, -0.05) is 0 Å². The summed E-state index contributed by atoms with van der Waals surface area (Å²) in [7, 11) is -2.16. The Bertz CT molecular complexity index is 568.